The molecule has 1 saturated heterocycles. The van der Waals surface area contributed by atoms with Crippen LogP contribution in [0, 0.1) is 0 Å². The Morgan fingerprint density at radius 2 is 1.50 bits per heavy atom. The molecule has 0 spiro atoms. The molecule has 0 aromatic rings. The summed E-state index contributed by atoms with van der Waals surface area (Å²) in [6, 6.07) is 0. The van der Waals surface area contributed by atoms with E-state index in [-0.39, 0.29) is 29.6 Å². The molecule has 0 bridgehead atoms. The Hall–Kier alpha value is 0.999. The average molecular weight is 180 g/mol. The van der Waals surface area contributed by atoms with Crippen molar-refractivity contribution in [3.05, 3.63) is 24.3 Å². The van der Waals surface area contributed by atoms with Crippen molar-refractivity contribution in [3.63, 3.8) is 0 Å². The molecule has 2 rings (SSSR count). The third-order valence-corrected chi connectivity index (χ3v) is 3.82. The maximum absolute atomic E-state index is 2.32. The Balaban J connectivity index is 0.000000320. The first kappa shape index (κ1) is 7.11. The fourth-order valence-electron chi connectivity index (χ4n) is 0.793. The van der Waals surface area contributed by atoms with Crippen molar-refractivity contribution in [2.75, 3.05) is 0 Å². The molecule has 0 nitrogen and oxygen atoms in total. The first-order chi connectivity index (χ1) is 3.47. The summed E-state index contributed by atoms with van der Waals surface area (Å²) in [6.07, 6.45) is 8.97. The number of rotatable bonds is 0. The molecule has 2 aliphatic rings. The van der Waals surface area contributed by atoms with E-state index in [0.29, 0.717) is 0 Å². The van der Waals surface area contributed by atoms with E-state index in [4.69, 9.17) is 0 Å². The van der Waals surface area contributed by atoms with Gasteiger partial charge >= 0.3 is 48.9 Å². The molecule has 0 aromatic heterocycles. The molecule has 37 valence electrons. The third kappa shape index (κ3) is 1.29. The van der Waals surface area contributed by atoms with Gasteiger partial charge in [-0.1, -0.05) is 0 Å². The van der Waals surface area contributed by atoms with Gasteiger partial charge in [-0.25, -0.2) is 0 Å². The van der Waals surface area contributed by atoms with Crippen LogP contribution in [0.2, 0.25) is 9.63 Å². The SMILES string of the molecule is C1=CC2[Se]C2C=C1.[Na]. The molecular formula is C6H6NaSe. The van der Waals surface area contributed by atoms with Gasteiger partial charge in [-0.15, -0.1) is 0 Å². The van der Waals surface area contributed by atoms with Crippen LogP contribution >= 0.6 is 0 Å². The van der Waals surface area contributed by atoms with Crippen LogP contribution in [0.25, 0.3) is 0 Å². The van der Waals surface area contributed by atoms with E-state index in [1.54, 1.807) is 0 Å². The molecule has 1 aliphatic carbocycles. The van der Waals surface area contributed by atoms with Gasteiger partial charge in [-0.3, -0.25) is 0 Å². The molecule has 0 aromatic carbocycles. The van der Waals surface area contributed by atoms with E-state index in [2.05, 4.69) is 24.3 Å². The predicted molar refractivity (Wildman–Crippen MR) is 37.3 cm³/mol. The molecular weight excluding hydrogens is 174 g/mol. The average Bonchev–Trinajstić information content (AvgIpc) is 2.41. The van der Waals surface area contributed by atoms with E-state index in [0.717, 1.165) is 24.6 Å². The van der Waals surface area contributed by atoms with Gasteiger partial charge in [0.2, 0.25) is 0 Å². The number of fused-ring (bicyclic) bond motifs is 1. The molecule has 0 amide bonds. The summed E-state index contributed by atoms with van der Waals surface area (Å²) in [5.41, 5.74) is 0. The first-order valence-electron chi connectivity index (χ1n) is 2.47. The molecule has 1 fully saturated rings. The number of hydrogen-bond donors (Lipinski definition) is 0. The van der Waals surface area contributed by atoms with Crippen LogP contribution in [0.15, 0.2) is 24.3 Å². The van der Waals surface area contributed by atoms with E-state index < -0.39 is 0 Å². The van der Waals surface area contributed by atoms with Gasteiger partial charge < -0.3 is 0 Å². The fraction of sp³-hybridized carbons (Fsp3) is 0.333. The molecule has 2 unspecified atom stereocenters. The zero-order chi connectivity index (χ0) is 4.69. The smallest absolute Gasteiger partial charge is 0 e. The van der Waals surface area contributed by atoms with Gasteiger partial charge in [-0.05, 0) is 0 Å². The van der Waals surface area contributed by atoms with E-state index in [1.807, 2.05) is 0 Å². The molecule has 2 atom stereocenters. The Morgan fingerprint density at radius 1 is 1.00 bits per heavy atom. The Morgan fingerprint density at radius 3 is 1.88 bits per heavy atom. The fourth-order valence-corrected chi connectivity index (χ4v) is 2.51. The summed E-state index contributed by atoms with van der Waals surface area (Å²) < 4.78 is 0. The van der Waals surface area contributed by atoms with Gasteiger partial charge in [0, 0.05) is 29.6 Å². The molecule has 2 heteroatoms. The van der Waals surface area contributed by atoms with Crippen LogP contribution in [-0.4, -0.2) is 44.5 Å². The Labute approximate surface area is 77.9 Å². The van der Waals surface area contributed by atoms with Crippen LogP contribution in [0.5, 0.6) is 0 Å². The monoisotopic (exact) mass is 181 g/mol. The predicted octanol–water partition coefficient (Wildman–Crippen LogP) is 1.03. The summed E-state index contributed by atoms with van der Waals surface area (Å²) in [5, 5.41) is 0. The van der Waals surface area contributed by atoms with Gasteiger partial charge in [0.05, 0.1) is 0 Å². The van der Waals surface area contributed by atoms with Gasteiger partial charge in [0.25, 0.3) is 0 Å². The third-order valence-electron chi connectivity index (χ3n) is 1.27. The van der Waals surface area contributed by atoms with Crippen LogP contribution in [-0.2, 0) is 0 Å². The van der Waals surface area contributed by atoms with Crippen LogP contribution in [0.4, 0.5) is 0 Å². The van der Waals surface area contributed by atoms with Crippen molar-refractivity contribution in [2.45, 2.75) is 9.63 Å². The second kappa shape index (κ2) is 2.72. The first-order valence-corrected chi connectivity index (χ1v) is 4.45. The summed E-state index contributed by atoms with van der Waals surface area (Å²) in [5.74, 6) is 0. The maximum Gasteiger partial charge on any atom is 0 e. The van der Waals surface area contributed by atoms with Crippen molar-refractivity contribution < 1.29 is 0 Å². The van der Waals surface area contributed by atoms with Crippen molar-refractivity contribution in [2.24, 2.45) is 0 Å². The molecule has 1 aliphatic heterocycles. The molecule has 0 N–H and O–H groups in total. The van der Waals surface area contributed by atoms with E-state index >= 15 is 0 Å². The van der Waals surface area contributed by atoms with E-state index in [9.17, 15) is 0 Å². The summed E-state index contributed by atoms with van der Waals surface area (Å²) >= 11 is 0.948. The summed E-state index contributed by atoms with van der Waals surface area (Å²) in [4.78, 5) is 2.00. The maximum atomic E-state index is 2.32. The minimum Gasteiger partial charge on any atom is 0 e. The van der Waals surface area contributed by atoms with E-state index in [1.165, 1.54) is 0 Å². The molecule has 0 saturated carbocycles. The minimum atomic E-state index is 0. The van der Waals surface area contributed by atoms with Gasteiger partial charge in [0.1, 0.15) is 0 Å². The Bertz CT molecular complexity index is 123. The van der Waals surface area contributed by atoms with Crippen molar-refractivity contribution in [1.82, 2.24) is 0 Å². The second-order valence-electron chi connectivity index (χ2n) is 1.84. The molecule has 1 radical (unpaired) electrons. The molecule has 1 heterocycles. The number of hydrogen-bond acceptors (Lipinski definition) is 0. The van der Waals surface area contributed by atoms with Crippen LogP contribution in [0.1, 0.15) is 0 Å². The zero-order valence-electron chi connectivity index (χ0n) is 4.87. The topological polar surface area (TPSA) is 0 Å². The van der Waals surface area contributed by atoms with Crippen LogP contribution in [0.3, 0.4) is 0 Å². The van der Waals surface area contributed by atoms with Crippen molar-refractivity contribution >= 4 is 44.5 Å². The van der Waals surface area contributed by atoms with Crippen molar-refractivity contribution in [1.29, 1.82) is 0 Å². The van der Waals surface area contributed by atoms with Crippen LogP contribution < -0.4 is 0 Å². The van der Waals surface area contributed by atoms with Gasteiger partial charge in [0.15, 0.2) is 0 Å². The largest absolute Gasteiger partial charge is 0 e. The Kier molecular flexibility index (Phi) is 2.42. The minimum absolute atomic E-state index is 0. The standard InChI is InChI=1S/C6H6Se.Na/c1-2-4-6-5(3-1)7-6;/h1-6H;. The second-order valence-corrected chi connectivity index (χ2v) is 4.69. The number of allylic oxidation sites excluding steroid dienone is 4. The summed E-state index contributed by atoms with van der Waals surface area (Å²) in [7, 11) is 0. The molecule has 8 heavy (non-hydrogen) atoms. The zero-order valence-corrected chi connectivity index (χ0v) is 8.59. The quantitative estimate of drug-likeness (QED) is 0.488. The summed E-state index contributed by atoms with van der Waals surface area (Å²) in [6.45, 7) is 0. The normalized spacial score (nSPS) is 38.0. The van der Waals surface area contributed by atoms with Crippen molar-refractivity contribution in [3.8, 4) is 0 Å². The van der Waals surface area contributed by atoms with Gasteiger partial charge in [-0.2, -0.15) is 0 Å².